The van der Waals surface area contributed by atoms with E-state index in [0.717, 1.165) is 12.8 Å². The van der Waals surface area contributed by atoms with Crippen LogP contribution in [0.15, 0.2) is 0 Å². The Balaban J connectivity index is 1.65. The number of hydrogen-bond acceptors (Lipinski definition) is 2. The van der Waals surface area contributed by atoms with Gasteiger partial charge in [-0.05, 0) is 25.2 Å². The highest BCUT2D eigenvalue weighted by Gasteiger charge is 2.44. The van der Waals surface area contributed by atoms with Gasteiger partial charge >= 0.3 is 5.97 Å². The van der Waals surface area contributed by atoms with Crippen molar-refractivity contribution < 1.29 is 14.7 Å². The van der Waals surface area contributed by atoms with Crippen molar-refractivity contribution in [2.45, 2.75) is 64.2 Å². The summed E-state index contributed by atoms with van der Waals surface area (Å²) in [6.45, 7) is 0.311. The third-order valence-corrected chi connectivity index (χ3v) is 4.89. The summed E-state index contributed by atoms with van der Waals surface area (Å²) >= 11 is 0. The highest BCUT2D eigenvalue weighted by Crippen LogP contribution is 2.40. The first-order valence-corrected chi connectivity index (χ1v) is 7.62. The van der Waals surface area contributed by atoms with E-state index >= 15 is 0 Å². The van der Waals surface area contributed by atoms with Gasteiger partial charge in [0.1, 0.15) is 0 Å². The van der Waals surface area contributed by atoms with E-state index < -0.39 is 11.4 Å². The van der Waals surface area contributed by atoms with Gasteiger partial charge in [0.05, 0.1) is 5.41 Å². The molecule has 19 heavy (non-hydrogen) atoms. The SMILES string of the molecule is O=C(CCC1CCCCC1)NCC1(C(=O)O)CCC1. The van der Waals surface area contributed by atoms with Crippen LogP contribution >= 0.6 is 0 Å². The molecule has 0 bridgehead atoms. The van der Waals surface area contributed by atoms with E-state index in [9.17, 15) is 14.7 Å². The maximum absolute atomic E-state index is 11.8. The maximum Gasteiger partial charge on any atom is 0.311 e. The van der Waals surface area contributed by atoms with Gasteiger partial charge in [-0.1, -0.05) is 38.5 Å². The van der Waals surface area contributed by atoms with Gasteiger partial charge < -0.3 is 10.4 Å². The lowest BCUT2D eigenvalue weighted by molar-refractivity contribution is -0.154. The molecule has 2 rings (SSSR count). The molecule has 2 N–H and O–H groups in total. The number of aliphatic carboxylic acids is 1. The van der Waals surface area contributed by atoms with E-state index in [0.29, 0.717) is 31.7 Å². The standard InChI is InChI=1S/C15H25NO3/c17-13(8-7-12-5-2-1-3-6-12)16-11-15(14(18)19)9-4-10-15/h12H,1-11H2,(H,16,17)(H,18,19). The molecule has 1 amide bonds. The number of rotatable bonds is 6. The van der Waals surface area contributed by atoms with E-state index in [1.54, 1.807) is 0 Å². The first kappa shape index (κ1) is 14.4. The third-order valence-electron chi connectivity index (χ3n) is 4.89. The molecule has 0 aromatic carbocycles. The fraction of sp³-hybridized carbons (Fsp3) is 0.867. The van der Waals surface area contributed by atoms with Crippen LogP contribution < -0.4 is 5.32 Å². The lowest BCUT2D eigenvalue weighted by Crippen LogP contribution is -2.47. The number of carboxylic acids is 1. The second kappa shape index (κ2) is 6.40. The van der Waals surface area contributed by atoms with Crippen LogP contribution in [0.1, 0.15) is 64.2 Å². The van der Waals surface area contributed by atoms with Gasteiger partial charge in [-0.2, -0.15) is 0 Å². The summed E-state index contributed by atoms with van der Waals surface area (Å²) < 4.78 is 0. The lowest BCUT2D eigenvalue weighted by atomic mass is 9.69. The summed E-state index contributed by atoms with van der Waals surface area (Å²) in [5, 5.41) is 12.0. The maximum atomic E-state index is 11.8. The summed E-state index contributed by atoms with van der Waals surface area (Å²) in [7, 11) is 0. The number of nitrogens with one attached hydrogen (secondary N) is 1. The number of hydrogen-bond donors (Lipinski definition) is 2. The normalized spacial score (nSPS) is 22.5. The van der Waals surface area contributed by atoms with Crippen molar-refractivity contribution in [2.75, 3.05) is 6.54 Å². The predicted molar refractivity (Wildman–Crippen MR) is 72.7 cm³/mol. The Hall–Kier alpha value is -1.06. The summed E-state index contributed by atoms with van der Waals surface area (Å²) in [5.41, 5.74) is -0.666. The van der Waals surface area contributed by atoms with E-state index in [4.69, 9.17) is 0 Å². The van der Waals surface area contributed by atoms with Crippen molar-refractivity contribution in [3.05, 3.63) is 0 Å². The molecule has 0 aliphatic heterocycles. The molecule has 0 heterocycles. The molecule has 0 radical (unpaired) electrons. The quantitative estimate of drug-likeness (QED) is 0.777. The molecule has 2 aliphatic carbocycles. The van der Waals surface area contributed by atoms with Crippen molar-refractivity contribution in [1.82, 2.24) is 5.32 Å². The molecule has 108 valence electrons. The van der Waals surface area contributed by atoms with Crippen LogP contribution in [0.4, 0.5) is 0 Å². The molecule has 0 saturated heterocycles. The lowest BCUT2D eigenvalue weighted by Gasteiger charge is -2.37. The Morgan fingerprint density at radius 3 is 2.32 bits per heavy atom. The number of carboxylic acid groups (broad SMARTS) is 1. The highest BCUT2D eigenvalue weighted by molar-refractivity contribution is 5.79. The molecule has 0 aromatic heterocycles. The van der Waals surface area contributed by atoms with Crippen molar-refractivity contribution in [1.29, 1.82) is 0 Å². The first-order chi connectivity index (χ1) is 9.12. The van der Waals surface area contributed by atoms with Gasteiger partial charge in [-0.15, -0.1) is 0 Å². The molecule has 2 aliphatic rings. The van der Waals surface area contributed by atoms with Crippen LogP contribution in [0, 0.1) is 11.3 Å². The number of amides is 1. The molecule has 2 saturated carbocycles. The molecular formula is C15H25NO3. The molecule has 0 unspecified atom stereocenters. The fourth-order valence-electron chi connectivity index (χ4n) is 3.24. The van der Waals surface area contributed by atoms with Crippen LogP contribution in [0.25, 0.3) is 0 Å². The molecule has 0 spiro atoms. The minimum Gasteiger partial charge on any atom is -0.481 e. The molecule has 2 fully saturated rings. The van der Waals surface area contributed by atoms with E-state index in [-0.39, 0.29) is 5.91 Å². The number of carbonyl (C=O) groups is 2. The average molecular weight is 267 g/mol. The van der Waals surface area contributed by atoms with Gasteiger partial charge in [0.2, 0.25) is 5.91 Å². The smallest absolute Gasteiger partial charge is 0.311 e. The van der Waals surface area contributed by atoms with Crippen molar-refractivity contribution in [3.8, 4) is 0 Å². The monoisotopic (exact) mass is 267 g/mol. The second-order valence-corrected chi connectivity index (χ2v) is 6.26. The molecule has 4 nitrogen and oxygen atoms in total. The minimum atomic E-state index is -0.758. The molecule has 0 atom stereocenters. The zero-order chi connectivity index (χ0) is 13.7. The molecule has 0 aromatic rings. The zero-order valence-corrected chi connectivity index (χ0v) is 11.6. The highest BCUT2D eigenvalue weighted by atomic mass is 16.4. The van der Waals surface area contributed by atoms with Crippen LogP contribution in [0.2, 0.25) is 0 Å². The summed E-state index contributed by atoms with van der Waals surface area (Å²) in [6.07, 6.45) is 10.3. The Morgan fingerprint density at radius 2 is 1.79 bits per heavy atom. The van der Waals surface area contributed by atoms with Gasteiger partial charge in [-0.3, -0.25) is 9.59 Å². The topological polar surface area (TPSA) is 66.4 Å². The van der Waals surface area contributed by atoms with Crippen LogP contribution in [0.5, 0.6) is 0 Å². The zero-order valence-electron chi connectivity index (χ0n) is 11.6. The van der Waals surface area contributed by atoms with Gasteiger partial charge in [0.15, 0.2) is 0 Å². The molecular weight excluding hydrogens is 242 g/mol. The Morgan fingerprint density at radius 1 is 1.11 bits per heavy atom. The molecule has 4 heteroatoms. The first-order valence-electron chi connectivity index (χ1n) is 7.62. The van der Waals surface area contributed by atoms with Gasteiger partial charge in [-0.25, -0.2) is 0 Å². The van der Waals surface area contributed by atoms with Crippen LogP contribution in [-0.4, -0.2) is 23.5 Å². The minimum absolute atomic E-state index is 0.0260. The Labute approximate surface area is 115 Å². The summed E-state index contributed by atoms with van der Waals surface area (Å²) in [4.78, 5) is 23.0. The van der Waals surface area contributed by atoms with Crippen LogP contribution in [0.3, 0.4) is 0 Å². The predicted octanol–water partition coefficient (Wildman–Crippen LogP) is 2.72. The third kappa shape index (κ3) is 3.71. The van der Waals surface area contributed by atoms with E-state index in [1.165, 1.54) is 32.1 Å². The van der Waals surface area contributed by atoms with Crippen molar-refractivity contribution in [3.63, 3.8) is 0 Å². The fourth-order valence-corrected chi connectivity index (χ4v) is 3.24. The average Bonchev–Trinajstić information content (AvgIpc) is 2.36. The second-order valence-electron chi connectivity index (χ2n) is 6.26. The van der Waals surface area contributed by atoms with Crippen molar-refractivity contribution in [2.24, 2.45) is 11.3 Å². The Kier molecular flexibility index (Phi) is 4.83. The van der Waals surface area contributed by atoms with E-state index in [2.05, 4.69) is 5.32 Å². The van der Waals surface area contributed by atoms with Crippen molar-refractivity contribution >= 4 is 11.9 Å². The van der Waals surface area contributed by atoms with E-state index in [1.807, 2.05) is 0 Å². The largest absolute Gasteiger partial charge is 0.481 e. The summed E-state index contributed by atoms with van der Waals surface area (Å²) in [6, 6.07) is 0. The summed E-state index contributed by atoms with van der Waals surface area (Å²) in [5.74, 6) is -0.0268. The van der Waals surface area contributed by atoms with Crippen LogP contribution in [-0.2, 0) is 9.59 Å². The Bertz CT molecular complexity index is 330. The van der Waals surface area contributed by atoms with Gasteiger partial charge in [0.25, 0.3) is 0 Å². The van der Waals surface area contributed by atoms with Gasteiger partial charge in [0, 0.05) is 13.0 Å². The number of carbonyl (C=O) groups excluding carboxylic acids is 1.